The van der Waals surface area contributed by atoms with Gasteiger partial charge in [-0.05, 0) is 33.4 Å². The Kier molecular flexibility index (Phi) is 11.8. The summed E-state index contributed by atoms with van der Waals surface area (Å²) < 4.78 is -0.799. The summed E-state index contributed by atoms with van der Waals surface area (Å²) in [5.41, 5.74) is 4.49. The molecule has 53 heavy (non-hydrogen) atoms. The molecule has 8 heteroatoms. The average molecular weight is 721 g/mol. The molecule has 6 rings (SSSR count). The van der Waals surface area contributed by atoms with Crippen LogP contribution >= 0.6 is 11.8 Å². The highest BCUT2D eigenvalue weighted by molar-refractivity contribution is 8.00. The summed E-state index contributed by atoms with van der Waals surface area (Å²) in [4.78, 5) is 38.7. The molecule has 0 aliphatic rings. The lowest BCUT2D eigenvalue weighted by molar-refractivity contribution is -0.147. The highest BCUT2D eigenvalue weighted by Crippen LogP contribution is 2.49. The van der Waals surface area contributed by atoms with Crippen molar-refractivity contribution in [3.63, 3.8) is 0 Å². The van der Waals surface area contributed by atoms with Crippen molar-refractivity contribution in [1.82, 2.24) is 10.6 Å². The molecule has 6 aromatic carbocycles. The molecule has 0 saturated heterocycles. The summed E-state index contributed by atoms with van der Waals surface area (Å²) in [6.45, 7) is 0. The van der Waals surface area contributed by atoms with E-state index in [9.17, 15) is 24.6 Å². The van der Waals surface area contributed by atoms with Gasteiger partial charge in [0.05, 0.1) is 22.7 Å². The van der Waals surface area contributed by atoms with Crippen molar-refractivity contribution < 1.29 is 24.6 Å². The fraction of sp³-hybridized carbons (Fsp3) is 0.133. The van der Waals surface area contributed by atoms with E-state index >= 15 is 0 Å². The van der Waals surface area contributed by atoms with E-state index in [0.717, 1.165) is 33.4 Å². The lowest BCUT2D eigenvalue weighted by Gasteiger charge is -2.41. The van der Waals surface area contributed by atoms with E-state index in [-0.39, 0.29) is 5.75 Å². The average Bonchev–Trinajstić information content (AvgIpc) is 3.21. The van der Waals surface area contributed by atoms with Gasteiger partial charge in [-0.3, -0.25) is 14.9 Å². The Labute approximate surface area is 313 Å². The monoisotopic (exact) mass is 720 g/mol. The number of amides is 1. The van der Waals surface area contributed by atoms with Crippen molar-refractivity contribution >= 4 is 29.6 Å². The van der Waals surface area contributed by atoms with Gasteiger partial charge in [-0.25, -0.2) is 4.79 Å². The first kappa shape index (κ1) is 36.8. The Bertz CT molecular complexity index is 1890. The highest BCUT2D eigenvalue weighted by Gasteiger charge is 2.43. The Balaban J connectivity index is 1.55. The van der Waals surface area contributed by atoms with Crippen molar-refractivity contribution in [1.29, 1.82) is 0 Å². The van der Waals surface area contributed by atoms with Crippen molar-refractivity contribution in [2.24, 2.45) is 0 Å². The van der Waals surface area contributed by atoms with Gasteiger partial charge < -0.3 is 15.5 Å². The van der Waals surface area contributed by atoms with Crippen LogP contribution in [0.4, 0.5) is 0 Å². The number of hydrogen-bond acceptors (Lipinski definition) is 5. The van der Waals surface area contributed by atoms with Crippen LogP contribution in [0.3, 0.4) is 0 Å². The van der Waals surface area contributed by atoms with E-state index in [1.165, 1.54) is 0 Å². The summed E-state index contributed by atoms with van der Waals surface area (Å²) >= 11 is 1.55. The maximum Gasteiger partial charge on any atom is 0.326 e. The van der Waals surface area contributed by atoms with Crippen LogP contribution in [0.5, 0.6) is 0 Å². The molecule has 0 aromatic heterocycles. The van der Waals surface area contributed by atoms with Gasteiger partial charge in [-0.1, -0.05) is 182 Å². The van der Waals surface area contributed by atoms with Gasteiger partial charge in [0.15, 0.2) is 0 Å². The molecule has 4 N–H and O–H groups in total. The second-order valence-electron chi connectivity index (χ2n) is 12.6. The number of carboxylic acids is 2. The van der Waals surface area contributed by atoms with Gasteiger partial charge in [0.25, 0.3) is 0 Å². The molecule has 0 bridgehead atoms. The van der Waals surface area contributed by atoms with Crippen LogP contribution in [0.25, 0.3) is 0 Å². The van der Waals surface area contributed by atoms with E-state index < -0.39 is 46.6 Å². The Morgan fingerprint density at radius 2 is 0.811 bits per heavy atom. The minimum absolute atomic E-state index is 0.151. The lowest BCUT2D eigenvalue weighted by atomic mass is 9.76. The number of rotatable bonds is 16. The van der Waals surface area contributed by atoms with E-state index in [1.54, 1.807) is 11.8 Å². The molecule has 1 amide bonds. The summed E-state index contributed by atoms with van der Waals surface area (Å²) in [6.07, 6.45) is -0.774. The normalized spacial score (nSPS) is 12.7. The Morgan fingerprint density at radius 3 is 1.11 bits per heavy atom. The number of carbonyl (C=O) groups is 3. The van der Waals surface area contributed by atoms with Crippen LogP contribution < -0.4 is 10.6 Å². The second-order valence-corrected chi connectivity index (χ2v) is 13.9. The lowest BCUT2D eigenvalue weighted by Crippen LogP contribution is -2.58. The summed E-state index contributed by atoms with van der Waals surface area (Å²) in [7, 11) is 0. The van der Waals surface area contributed by atoms with Crippen LogP contribution in [-0.4, -0.2) is 45.9 Å². The van der Waals surface area contributed by atoms with Crippen LogP contribution in [0.15, 0.2) is 182 Å². The molecule has 0 aliphatic heterocycles. The van der Waals surface area contributed by atoms with Crippen LogP contribution in [0.2, 0.25) is 0 Å². The number of aliphatic carboxylic acids is 2. The number of hydrogen-bond donors (Lipinski definition) is 4. The number of nitrogens with one attached hydrogen (secondary N) is 2. The standard InChI is InChI=1S/C45H40N2O5S/c48-41(49)31-39(43(51)52)46-42(50)40(47-44(33-19-7-1-8-20-33,34-21-9-2-10-22-34)35-23-11-3-12-24-35)32-53-45(36-25-13-4-14-26-36,37-27-15-5-16-28-37)38-29-17-6-18-30-38/h1-30,39-40,47H,31-32H2,(H,46,50)(H,48,49)(H,51,52). The number of thioether (sulfide) groups is 1. The quantitative estimate of drug-likeness (QED) is 0.0758. The second kappa shape index (κ2) is 17.0. The summed E-state index contributed by atoms with van der Waals surface area (Å²) in [5.74, 6) is -3.25. The third-order valence-corrected chi connectivity index (χ3v) is 11.0. The maximum atomic E-state index is 14.7. The minimum Gasteiger partial charge on any atom is -0.481 e. The Hall–Kier alpha value is -5.96. The van der Waals surface area contributed by atoms with Gasteiger partial charge in [-0.2, -0.15) is 0 Å². The molecule has 0 aliphatic carbocycles. The zero-order valence-corrected chi connectivity index (χ0v) is 29.7. The minimum atomic E-state index is -1.64. The van der Waals surface area contributed by atoms with Crippen molar-refractivity contribution in [3.05, 3.63) is 215 Å². The van der Waals surface area contributed by atoms with Crippen LogP contribution in [-0.2, 0) is 24.7 Å². The fourth-order valence-electron chi connectivity index (χ4n) is 6.88. The molecule has 266 valence electrons. The molecule has 7 nitrogen and oxygen atoms in total. The number of carbonyl (C=O) groups excluding carboxylic acids is 1. The zero-order valence-electron chi connectivity index (χ0n) is 28.9. The third kappa shape index (κ3) is 8.09. The predicted molar refractivity (Wildman–Crippen MR) is 210 cm³/mol. The first-order chi connectivity index (χ1) is 25.8. The molecular weight excluding hydrogens is 681 g/mol. The van der Waals surface area contributed by atoms with E-state index in [1.807, 2.05) is 146 Å². The summed E-state index contributed by atoms with van der Waals surface area (Å²) in [6, 6.07) is 57.1. The van der Waals surface area contributed by atoms with Crippen molar-refractivity contribution in [3.8, 4) is 0 Å². The third-order valence-electron chi connectivity index (χ3n) is 9.33. The first-order valence-corrected chi connectivity index (χ1v) is 18.3. The highest BCUT2D eigenvalue weighted by atomic mass is 32.2. The van der Waals surface area contributed by atoms with E-state index in [0.29, 0.717) is 0 Å². The first-order valence-electron chi connectivity index (χ1n) is 17.3. The smallest absolute Gasteiger partial charge is 0.326 e. The van der Waals surface area contributed by atoms with Gasteiger partial charge >= 0.3 is 11.9 Å². The van der Waals surface area contributed by atoms with Gasteiger partial charge in [0.2, 0.25) is 5.91 Å². The SMILES string of the molecule is O=C(O)CC(NC(=O)C(CSC(c1ccccc1)(c1ccccc1)c1ccccc1)NC(c1ccccc1)(c1ccccc1)c1ccccc1)C(=O)O. The number of carboxylic acid groups (broad SMARTS) is 2. The molecule has 6 aromatic rings. The molecule has 2 atom stereocenters. The summed E-state index contributed by atoms with van der Waals surface area (Å²) in [5, 5.41) is 25.9. The van der Waals surface area contributed by atoms with E-state index in [4.69, 9.17) is 0 Å². The molecule has 2 unspecified atom stereocenters. The molecule has 0 fully saturated rings. The van der Waals surface area contributed by atoms with Crippen molar-refractivity contribution in [2.75, 3.05) is 5.75 Å². The molecule has 0 spiro atoms. The van der Waals surface area contributed by atoms with E-state index in [2.05, 4.69) is 47.0 Å². The van der Waals surface area contributed by atoms with Gasteiger partial charge in [0.1, 0.15) is 6.04 Å². The largest absolute Gasteiger partial charge is 0.481 e. The van der Waals surface area contributed by atoms with Gasteiger partial charge in [0, 0.05) is 5.75 Å². The molecular formula is C45H40N2O5S. The molecule has 0 saturated carbocycles. The number of benzene rings is 6. The molecule has 0 heterocycles. The Morgan fingerprint density at radius 1 is 0.491 bits per heavy atom. The predicted octanol–water partition coefficient (Wildman–Crippen LogP) is 7.71. The molecule has 0 radical (unpaired) electrons. The van der Waals surface area contributed by atoms with Crippen LogP contribution in [0, 0.1) is 0 Å². The topological polar surface area (TPSA) is 116 Å². The van der Waals surface area contributed by atoms with Crippen molar-refractivity contribution in [2.45, 2.75) is 28.8 Å². The maximum absolute atomic E-state index is 14.7. The van der Waals surface area contributed by atoms with Crippen LogP contribution in [0.1, 0.15) is 39.8 Å². The zero-order chi connectivity index (χ0) is 37.1. The van der Waals surface area contributed by atoms with Gasteiger partial charge in [-0.15, -0.1) is 11.8 Å². The fourth-order valence-corrected chi connectivity index (χ4v) is 8.44.